The number of aldehydes is 1. The molecule has 8 nitrogen and oxygen atoms in total. The van der Waals surface area contributed by atoms with Crippen molar-refractivity contribution in [1.82, 2.24) is 14.8 Å². The molecular formula is C20H18N4O4. The van der Waals surface area contributed by atoms with Gasteiger partial charge in [0.15, 0.2) is 6.29 Å². The summed E-state index contributed by atoms with van der Waals surface area (Å²) >= 11 is 0. The molecule has 0 aliphatic carbocycles. The number of nitro groups is 1. The highest BCUT2D eigenvalue weighted by molar-refractivity contribution is 5.64. The smallest absolute Gasteiger partial charge is 0.269 e. The second kappa shape index (κ2) is 6.65. The van der Waals surface area contributed by atoms with Crippen molar-refractivity contribution < 1.29 is 14.5 Å². The summed E-state index contributed by atoms with van der Waals surface area (Å²) in [5.41, 5.74) is 2.97. The number of carbonyl (C=O) groups is 1. The summed E-state index contributed by atoms with van der Waals surface area (Å²) in [6.07, 6.45) is 3.28. The number of benzene rings is 2. The number of carbonyl (C=O) groups excluding carboxylic acids is 1. The van der Waals surface area contributed by atoms with Crippen molar-refractivity contribution in [2.75, 3.05) is 0 Å². The van der Waals surface area contributed by atoms with E-state index < -0.39 is 16.6 Å². The number of rotatable bonds is 5. The fourth-order valence-corrected chi connectivity index (χ4v) is 3.69. The normalized spacial score (nSPS) is 18.4. The summed E-state index contributed by atoms with van der Waals surface area (Å²) in [5.74, 6) is 0. The van der Waals surface area contributed by atoms with E-state index in [1.807, 2.05) is 32.0 Å². The Bertz CT molecular complexity index is 1030. The molecule has 1 aliphatic rings. The molecule has 0 radical (unpaired) electrons. The van der Waals surface area contributed by atoms with Crippen LogP contribution in [0.15, 0.2) is 55.1 Å². The molecule has 2 unspecified atom stereocenters. The Labute approximate surface area is 160 Å². The van der Waals surface area contributed by atoms with Crippen molar-refractivity contribution >= 4 is 12.0 Å². The highest BCUT2D eigenvalue weighted by Gasteiger charge is 2.38. The molecule has 0 saturated carbocycles. The molecule has 0 saturated heterocycles. The van der Waals surface area contributed by atoms with Gasteiger partial charge in [-0.15, -0.1) is 0 Å². The van der Waals surface area contributed by atoms with Crippen molar-refractivity contribution in [3.05, 3.63) is 87.5 Å². The molecule has 0 fully saturated rings. The minimum absolute atomic E-state index is 0.0263. The van der Waals surface area contributed by atoms with Crippen molar-refractivity contribution in [1.29, 1.82) is 0 Å². The fraction of sp³-hybridized carbons (Fsp3) is 0.250. The Kier molecular flexibility index (Phi) is 4.27. The minimum atomic E-state index is -0.598. The Balaban J connectivity index is 1.83. The van der Waals surface area contributed by atoms with Crippen LogP contribution in [0.25, 0.3) is 0 Å². The van der Waals surface area contributed by atoms with Gasteiger partial charge in [-0.25, -0.2) is 9.67 Å². The van der Waals surface area contributed by atoms with Crippen LogP contribution in [0.2, 0.25) is 0 Å². The lowest BCUT2D eigenvalue weighted by Crippen LogP contribution is -2.17. The standard InChI is InChI=1S/C20H18N4O4/c1-20(2)17-9-14(5-8-16(17)18(10-25)28-20)19(23-12-21-11-22-23)13-3-6-15(7-4-13)24(26)27/h3-12,18-19H,1-2H3. The van der Waals surface area contributed by atoms with E-state index in [4.69, 9.17) is 4.74 Å². The Morgan fingerprint density at radius 1 is 1.21 bits per heavy atom. The Morgan fingerprint density at radius 2 is 1.93 bits per heavy atom. The fourth-order valence-electron chi connectivity index (χ4n) is 3.69. The van der Waals surface area contributed by atoms with Crippen LogP contribution in [0.3, 0.4) is 0 Å². The minimum Gasteiger partial charge on any atom is -0.355 e. The maximum atomic E-state index is 11.4. The third-order valence-corrected chi connectivity index (χ3v) is 5.01. The van der Waals surface area contributed by atoms with E-state index >= 15 is 0 Å². The summed E-state index contributed by atoms with van der Waals surface area (Å²) in [6.45, 7) is 3.85. The molecule has 2 aromatic carbocycles. The van der Waals surface area contributed by atoms with Crippen LogP contribution in [-0.4, -0.2) is 26.0 Å². The van der Waals surface area contributed by atoms with Gasteiger partial charge in [0.25, 0.3) is 5.69 Å². The first-order valence-electron chi connectivity index (χ1n) is 8.76. The maximum Gasteiger partial charge on any atom is 0.269 e. The van der Waals surface area contributed by atoms with Crippen molar-refractivity contribution in [3.63, 3.8) is 0 Å². The monoisotopic (exact) mass is 378 g/mol. The van der Waals surface area contributed by atoms with Crippen LogP contribution in [-0.2, 0) is 15.1 Å². The number of nitrogens with zero attached hydrogens (tertiary/aromatic N) is 4. The predicted octanol–water partition coefficient (Wildman–Crippen LogP) is 3.33. The first kappa shape index (κ1) is 18.0. The summed E-state index contributed by atoms with van der Waals surface area (Å²) in [5, 5.41) is 15.2. The van der Waals surface area contributed by atoms with Crippen LogP contribution >= 0.6 is 0 Å². The topological polar surface area (TPSA) is 100 Å². The zero-order valence-electron chi connectivity index (χ0n) is 15.4. The average Bonchev–Trinajstić information content (AvgIpc) is 3.29. The summed E-state index contributed by atoms with van der Waals surface area (Å²) in [6, 6.07) is 11.9. The quantitative estimate of drug-likeness (QED) is 0.383. The second-order valence-electron chi connectivity index (χ2n) is 7.16. The lowest BCUT2D eigenvalue weighted by molar-refractivity contribution is -0.384. The van der Waals surface area contributed by atoms with Gasteiger partial charge in [-0.3, -0.25) is 10.1 Å². The van der Waals surface area contributed by atoms with Crippen molar-refractivity contribution in [3.8, 4) is 0 Å². The van der Waals surface area contributed by atoms with Gasteiger partial charge in [0.1, 0.15) is 24.8 Å². The molecule has 1 aromatic heterocycles. The lowest BCUT2D eigenvalue weighted by atomic mass is 9.89. The number of hydrogen-bond donors (Lipinski definition) is 0. The third kappa shape index (κ3) is 2.97. The summed E-state index contributed by atoms with van der Waals surface area (Å²) in [7, 11) is 0. The Morgan fingerprint density at radius 3 is 2.54 bits per heavy atom. The molecule has 3 aromatic rings. The van der Waals surface area contributed by atoms with Gasteiger partial charge in [-0.2, -0.15) is 5.10 Å². The van der Waals surface area contributed by atoms with Crippen molar-refractivity contribution in [2.24, 2.45) is 0 Å². The van der Waals surface area contributed by atoms with Crippen LogP contribution in [0.4, 0.5) is 5.69 Å². The van der Waals surface area contributed by atoms with Crippen LogP contribution < -0.4 is 0 Å². The maximum absolute atomic E-state index is 11.4. The molecule has 2 atom stereocenters. The van der Waals surface area contributed by atoms with E-state index in [0.717, 1.165) is 28.5 Å². The molecular weight excluding hydrogens is 360 g/mol. The van der Waals surface area contributed by atoms with E-state index in [2.05, 4.69) is 10.1 Å². The van der Waals surface area contributed by atoms with Gasteiger partial charge in [0.2, 0.25) is 0 Å². The van der Waals surface area contributed by atoms with E-state index in [-0.39, 0.29) is 11.7 Å². The first-order chi connectivity index (χ1) is 13.4. The highest BCUT2D eigenvalue weighted by atomic mass is 16.6. The predicted molar refractivity (Wildman–Crippen MR) is 99.7 cm³/mol. The summed E-state index contributed by atoms with van der Waals surface area (Å²) in [4.78, 5) is 26.0. The zero-order valence-corrected chi connectivity index (χ0v) is 15.4. The number of non-ortho nitro benzene ring substituents is 1. The molecule has 28 heavy (non-hydrogen) atoms. The molecule has 142 valence electrons. The van der Waals surface area contributed by atoms with Crippen LogP contribution in [0.5, 0.6) is 0 Å². The molecule has 0 spiro atoms. The van der Waals surface area contributed by atoms with Gasteiger partial charge in [0.05, 0.1) is 10.5 Å². The first-order valence-corrected chi connectivity index (χ1v) is 8.76. The molecule has 4 rings (SSSR count). The van der Waals surface area contributed by atoms with Gasteiger partial charge in [-0.1, -0.05) is 18.2 Å². The SMILES string of the molecule is CC1(C)OC(C=O)c2ccc(C(c3ccc([N+](=O)[O-])cc3)n3cncn3)cc21. The van der Waals surface area contributed by atoms with Gasteiger partial charge in [0, 0.05) is 12.1 Å². The molecule has 2 heterocycles. The number of hydrogen-bond acceptors (Lipinski definition) is 6. The number of nitro benzene ring substituents is 1. The zero-order chi connectivity index (χ0) is 19.9. The van der Waals surface area contributed by atoms with Crippen LogP contribution in [0, 0.1) is 10.1 Å². The van der Waals surface area contributed by atoms with E-state index in [9.17, 15) is 14.9 Å². The van der Waals surface area contributed by atoms with E-state index in [0.29, 0.717) is 0 Å². The summed E-state index contributed by atoms with van der Waals surface area (Å²) < 4.78 is 7.56. The third-order valence-electron chi connectivity index (χ3n) is 5.01. The number of aromatic nitrogens is 3. The van der Waals surface area contributed by atoms with Gasteiger partial charge < -0.3 is 9.53 Å². The second-order valence-corrected chi connectivity index (χ2v) is 7.16. The molecule has 0 N–H and O–H groups in total. The van der Waals surface area contributed by atoms with Crippen molar-refractivity contribution in [2.45, 2.75) is 31.6 Å². The Hall–Kier alpha value is -3.39. The highest BCUT2D eigenvalue weighted by Crippen LogP contribution is 2.43. The average molecular weight is 378 g/mol. The van der Waals surface area contributed by atoms with E-state index in [1.165, 1.54) is 18.5 Å². The van der Waals surface area contributed by atoms with Crippen LogP contribution in [0.1, 0.15) is 48.2 Å². The van der Waals surface area contributed by atoms with Gasteiger partial charge >= 0.3 is 0 Å². The van der Waals surface area contributed by atoms with E-state index in [1.54, 1.807) is 23.1 Å². The molecule has 0 amide bonds. The number of ether oxygens (including phenoxy) is 1. The molecule has 8 heteroatoms. The molecule has 0 bridgehead atoms. The lowest BCUT2D eigenvalue weighted by Gasteiger charge is -2.22. The van der Waals surface area contributed by atoms with Gasteiger partial charge in [-0.05, 0) is 48.2 Å². The largest absolute Gasteiger partial charge is 0.355 e. The molecule has 1 aliphatic heterocycles. The number of fused-ring (bicyclic) bond motifs is 1.